The van der Waals surface area contributed by atoms with Crippen molar-refractivity contribution in [3.05, 3.63) is 34.3 Å². The Balaban J connectivity index is 1.79. The highest BCUT2D eigenvalue weighted by molar-refractivity contribution is 9.10. The van der Waals surface area contributed by atoms with Gasteiger partial charge in [0.15, 0.2) is 0 Å². The van der Waals surface area contributed by atoms with Crippen LogP contribution in [0.3, 0.4) is 0 Å². The van der Waals surface area contributed by atoms with Crippen LogP contribution < -0.4 is 5.32 Å². The van der Waals surface area contributed by atoms with Crippen LogP contribution in [-0.2, 0) is 11.3 Å². The second-order valence-corrected chi connectivity index (χ2v) is 4.82. The standard InChI is InChI=1S/C12H16BrNO/c13-11-5-3-10(4-6-11)9-15-12-2-1-7-14-8-12/h3-6,12,14H,1-2,7-9H2/t12-/m1/s1. The van der Waals surface area contributed by atoms with Crippen LogP contribution in [0.2, 0.25) is 0 Å². The maximum atomic E-state index is 5.83. The number of hydrogen-bond donors (Lipinski definition) is 1. The SMILES string of the molecule is Brc1ccc(CO[C@@H]2CCCNC2)cc1. The van der Waals surface area contributed by atoms with E-state index in [1.54, 1.807) is 0 Å². The van der Waals surface area contributed by atoms with Gasteiger partial charge in [-0.1, -0.05) is 28.1 Å². The van der Waals surface area contributed by atoms with E-state index < -0.39 is 0 Å². The number of benzene rings is 1. The minimum atomic E-state index is 0.391. The highest BCUT2D eigenvalue weighted by Gasteiger charge is 2.12. The van der Waals surface area contributed by atoms with Gasteiger partial charge in [-0.25, -0.2) is 0 Å². The van der Waals surface area contributed by atoms with Gasteiger partial charge in [0.25, 0.3) is 0 Å². The Hall–Kier alpha value is -0.380. The van der Waals surface area contributed by atoms with Crippen molar-refractivity contribution in [1.29, 1.82) is 0 Å². The lowest BCUT2D eigenvalue weighted by atomic mass is 10.1. The van der Waals surface area contributed by atoms with Crippen LogP contribution in [0.5, 0.6) is 0 Å². The zero-order valence-corrected chi connectivity index (χ0v) is 10.3. The molecule has 0 bridgehead atoms. The summed E-state index contributed by atoms with van der Waals surface area (Å²) >= 11 is 3.42. The van der Waals surface area contributed by atoms with Crippen LogP contribution in [0.4, 0.5) is 0 Å². The summed E-state index contributed by atoms with van der Waals surface area (Å²) < 4.78 is 6.95. The van der Waals surface area contributed by atoms with Gasteiger partial charge >= 0.3 is 0 Å². The third kappa shape index (κ3) is 3.59. The maximum Gasteiger partial charge on any atom is 0.0721 e. The highest BCUT2D eigenvalue weighted by atomic mass is 79.9. The van der Waals surface area contributed by atoms with Crippen molar-refractivity contribution in [3.63, 3.8) is 0 Å². The molecule has 0 aliphatic carbocycles. The van der Waals surface area contributed by atoms with Crippen molar-refractivity contribution in [1.82, 2.24) is 5.32 Å². The number of nitrogens with one attached hydrogen (secondary N) is 1. The van der Waals surface area contributed by atoms with Crippen molar-refractivity contribution in [2.24, 2.45) is 0 Å². The molecule has 15 heavy (non-hydrogen) atoms. The first-order valence-electron chi connectivity index (χ1n) is 5.41. The third-order valence-corrected chi connectivity index (χ3v) is 3.18. The molecule has 1 N–H and O–H groups in total. The van der Waals surface area contributed by atoms with E-state index in [1.807, 2.05) is 0 Å². The van der Waals surface area contributed by atoms with E-state index >= 15 is 0 Å². The quantitative estimate of drug-likeness (QED) is 0.911. The van der Waals surface area contributed by atoms with Crippen molar-refractivity contribution in [2.45, 2.75) is 25.6 Å². The normalized spacial score (nSPS) is 21.5. The second-order valence-electron chi connectivity index (χ2n) is 3.91. The van der Waals surface area contributed by atoms with Gasteiger partial charge in [0.2, 0.25) is 0 Å². The lowest BCUT2D eigenvalue weighted by Gasteiger charge is -2.23. The Morgan fingerprint density at radius 3 is 2.80 bits per heavy atom. The summed E-state index contributed by atoms with van der Waals surface area (Å²) in [5.74, 6) is 0. The Bertz CT molecular complexity index is 293. The largest absolute Gasteiger partial charge is 0.372 e. The smallest absolute Gasteiger partial charge is 0.0721 e. The Kier molecular flexibility index (Phi) is 4.18. The maximum absolute atomic E-state index is 5.83. The molecule has 0 saturated carbocycles. The summed E-state index contributed by atoms with van der Waals surface area (Å²) in [6, 6.07) is 8.30. The summed E-state index contributed by atoms with van der Waals surface area (Å²) in [5, 5.41) is 3.35. The number of piperidine rings is 1. The Morgan fingerprint density at radius 2 is 2.13 bits per heavy atom. The minimum absolute atomic E-state index is 0.391. The predicted molar refractivity (Wildman–Crippen MR) is 64.8 cm³/mol. The Labute approximate surface area is 99.1 Å². The van der Waals surface area contributed by atoms with Gasteiger partial charge in [-0.05, 0) is 37.1 Å². The molecule has 2 nitrogen and oxygen atoms in total. The second kappa shape index (κ2) is 5.64. The van der Waals surface area contributed by atoms with Crippen molar-refractivity contribution in [3.8, 4) is 0 Å². The summed E-state index contributed by atoms with van der Waals surface area (Å²) in [4.78, 5) is 0. The minimum Gasteiger partial charge on any atom is -0.372 e. The average molecular weight is 270 g/mol. The fourth-order valence-corrected chi connectivity index (χ4v) is 2.02. The van der Waals surface area contributed by atoms with Gasteiger partial charge in [0.1, 0.15) is 0 Å². The summed E-state index contributed by atoms with van der Waals surface area (Å²) in [5.41, 5.74) is 1.24. The van der Waals surface area contributed by atoms with Crippen LogP contribution in [0.1, 0.15) is 18.4 Å². The topological polar surface area (TPSA) is 21.3 Å². The molecule has 3 heteroatoms. The highest BCUT2D eigenvalue weighted by Crippen LogP contribution is 2.13. The fourth-order valence-electron chi connectivity index (χ4n) is 1.76. The monoisotopic (exact) mass is 269 g/mol. The molecule has 1 aromatic rings. The number of rotatable bonds is 3. The van der Waals surface area contributed by atoms with Crippen LogP contribution in [0.15, 0.2) is 28.7 Å². The van der Waals surface area contributed by atoms with E-state index in [0.717, 1.165) is 24.2 Å². The van der Waals surface area contributed by atoms with Crippen LogP contribution in [0.25, 0.3) is 0 Å². The third-order valence-electron chi connectivity index (χ3n) is 2.65. The van der Waals surface area contributed by atoms with E-state index in [1.165, 1.54) is 18.4 Å². The number of ether oxygens (including phenoxy) is 1. The molecule has 1 heterocycles. The van der Waals surface area contributed by atoms with Gasteiger partial charge in [0.05, 0.1) is 12.7 Å². The van der Waals surface area contributed by atoms with E-state index in [2.05, 4.69) is 45.5 Å². The molecule has 0 spiro atoms. The van der Waals surface area contributed by atoms with E-state index in [-0.39, 0.29) is 0 Å². The van der Waals surface area contributed by atoms with E-state index in [9.17, 15) is 0 Å². The molecule has 0 aromatic heterocycles. The molecule has 82 valence electrons. The number of halogens is 1. The van der Waals surface area contributed by atoms with Gasteiger partial charge in [-0.15, -0.1) is 0 Å². The summed E-state index contributed by atoms with van der Waals surface area (Å²) in [6.07, 6.45) is 2.80. The molecule has 2 rings (SSSR count). The summed E-state index contributed by atoms with van der Waals surface area (Å²) in [6.45, 7) is 2.86. The number of hydrogen-bond acceptors (Lipinski definition) is 2. The molecule has 0 unspecified atom stereocenters. The first-order chi connectivity index (χ1) is 7.34. The first-order valence-corrected chi connectivity index (χ1v) is 6.20. The van der Waals surface area contributed by atoms with Gasteiger partial charge in [-0.2, -0.15) is 0 Å². The molecular formula is C12H16BrNO. The predicted octanol–water partition coefficient (Wildman–Crippen LogP) is 2.72. The van der Waals surface area contributed by atoms with E-state index in [4.69, 9.17) is 4.74 Å². The molecule has 1 saturated heterocycles. The zero-order chi connectivity index (χ0) is 10.5. The molecule has 0 radical (unpaired) electrons. The summed E-state index contributed by atoms with van der Waals surface area (Å²) in [7, 11) is 0. The van der Waals surface area contributed by atoms with Crippen LogP contribution >= 0.6 is 15.9 Å². The molecule has 1 atom stereocenters. The first kappa shape index (κ1) is 11.1. The Morgan fingerprint density at radius 1 is 1.33 bits per heavy atom. The van der Waals surface area contributed by atoms with Crippen molar-refractivity contribution >= 4 is 15.9 Å². The van der Waals surface area contributed by atoms with Gasteiger partial charge in [0, 0.05) is 11.0 Å². The zero-order valence-electron chi connectivity index (χ0n) is 8.71. The fraction of sp³-hybridized carbons (Fsp3) is 0.500. The molecular weight excluding hydrogens is 254 g/mol. The molecule has 1 aliphatic heterocycles. The van der Waals surface area contributed by atoms with Crippen LogP contribution in [0, 0.1) is 0 Å². The van der Waals surface area contributed by atoms with Crippen LogP contribution in [-0.4, -0.2) is 19.2 Å². The van der Waals surface area contributed by atoms with E-state index in [0.29, 0.717) is 6.10 Å². The molecule has 1 aromatic carbocycles. The van der Waals surface area contributed by atoms with Crippen molar-refractivity contribution in [2.75, 3.05) is 13.1 Å². The lowest BCUT2D eigenvalue weighted by Crippen LogP contribution is -2.35. The molecule has 1 aliphatic rings. The van der Waals surface area contributed by atoms with Crippen molar-refractivity contribution < 1.29 is 4.74 Å². The van der Waals surface area contributed by atoms with Gasteiger partial charge < -0.3 is 10.1 Å². The lowest BCUT2D eigenvalue weighted by molar-refractivity contribution is 0.0253. The average Bonchev–Trinajstić information content (AvgIpc) is 2.30. The molecule has 1 fully saturated rings. The van der Waals surface area contributed by atoms with Gasteiger partial charge in [-0.3, -0.25) is 0 Å². The molecule has 0 amide bonds.